The second-order valence-corrected chi connectivity index (χ2v) is 8.52. The first-order valence-corrected chi connectivity index (χ1v) is 8.80. The third-order valence-corrected chi connectivity index (χ3v) is 5.73. The number of alkyl halides is 1. The van der Waals surface area contributed by atoms with Crippen molar-refractivity contribution in [1.82, 2.24) is 4.98 Å². The van der Waals surface area contributed by atoms with Crippen molar-refractivity contribution in [1.29, 1.82) is 0 Å². The van der Waals surface area contributed by atoms with E-state index in [9.17, 15) is 8.42 Å². The maximum absolute atomic E-state index is 12.2. The zero-order valence-electron chi connectivity index (χ0n) is 10.4. The molecule has 1 aromatic heterocycles. The van der Waals surface area contributed by atoms with E-state index in [2.05, 4.69) is 25.6 Å². The molecule has 0 amide bonds. The SMILES string of the molecule is Cc1ncc(S(=O)(=O)Nc2ccccc2C(C)Br)s1. The largest absolute Gasteiger partial charge is 0.279 e. The van der Waals surface area contributed by atoms with Crippen molar-refractivity contribution in [3.63, 3.8) is 0 Å². The van der Waals surface area contributed by atoms with Gasteiger partial charge < -0.3 is 0 Å². The molecule has 0 aliphatic rings. The molecule has 4 nitrogen and oxygen atoms in total. The molecule has 2 rings (SSSR count). The van der Waals surface area contributed by atoms with Crippen LogP contribution in [0.25, 0.3) is 0 Å². The van der Waals surface area contributed by atoms with Crippen LogP contribution in [0.3, 0.4) is 0 Å². The van der Waals surface area contributed by atoms with Crippen LogP contribution in [-0.4, -0.2) is 13.4 Å². The van der Waals surface area contributed by atoms with Gasteiger partial charge in [0.25, 0.3) is 10.0 Å². The zero-order valence-corrected chi connectivity index (χ0v) is 13.6. The van der Waals surface area contributed by atoms with Gasteiger partial charge in [-0.1, -0.05) is 34.1 Å². The Morgan fingerprint density at radius 3 is 2.63 bits per heavy atom. The van der Waals surface area contributed by atoms with Gasteiger partial charge in [0, 0.05) is 4.83 Å². The summed E-state index contributed by atoms with van der Waals surface area (Å²) in [7, 11) is -3.56. The van der Waals surface area contributed by atoms with E-state index < -0.39 is 10.0 Å². The van der Waals surface area contributed by atoms with Crippen molar-refractivity contribution >= 4 is 43.0 Å². The highest BCUT2D eigenvalue weighted by Crippen LogP contribution is 2.30. The minimum absolute atomic E-state index is 0.0644. The number of thiazole rings is 1. The molecule has 0 aliphatic carbocycles. The number of aromatic nitrogens is 1. The van der Waals surface area contributed by atoms with Gasteiger partial charge in [0.15, 0.2) is 4.21 Å². The summed E-state index contributed by atoms with van der Waals surface area (Å²) in [5.41, 5.74) is 1.48. The molecule has 0 saturated heterocycles. The van der Waals surface area contributed by atoms with Gasteiger partial charge in [0.2, 0.25) is 0 Å². The Hall–Kier alpha value is -0.920. The molecule has 1 N–H and O–H groups in total. The van der Waals surface area contributed by atoms with Gasteiger partial charge in [0.1, 0.15) is 0 Å². The molecule has 0 spiro atoms. The lowest BCUT2D eigenvalue weighted by Crippen LogP contribution is -2.13. The number of para-hydroxylation sites is 1. The van der Waals surface area contributed by atoms with Crippen LogP contribution in [0.1, 0.15) is 22.3 Å². The minimum atomic E-state index is -3.56. The maximum Gasteiger partial charge on any atom is 0.273 e. The van der Waals surface area contributed by atoms with Crippen LogP contribution >= 0.6 is 27.3 Å². The number of rotatable bonds is 4. The van der Waals surface area contributed by atoms with Gasteiger partial charge in [-0.3, -0.25) is 4.72 Å². The summed E-state index contributed by atoms with van der Waals surface area (Å²) in [4.78, 5) is 4.04. The third kappa shape index (κ3) is 3.34. The molecule has 7 heteroatoms. The Bertz CT molecular complexity index is 681. The highest BCUT2D eigenvalue weighted by atomic mass is 79.9. The lowest BCUT2D eigenvalue weighted by molar-refractivity contribution is 0.603. The van der Waals surface area contributed by atoms with Crippen LogP contribution in [0, 0.1) is 6.92 Å². The summed E-state index contributed by atoms with van der Waals surface area (Å²) < 4.78 is 27.3. The predicted molar refractivity (Wildman–Crippen MR) is 81.4 cm³/mol. The van der Waals surface area contributed by atoms with E-state index in [-0.39, 0.29) is 9.04 Å². The minimum Gasteiger partial charge on any atom is -0.279 e. The highest BCUT2D eigenvalue weighted by Gasteiger charge is 2.19. The van der Waals surface area contributed by atoms with Crippen molar-refractivity contribution < 1.29 is 8.42 Å². The summed E-state index contributed by atoms with van der Waals surface area (Å²) in [5, 5.41) is 0.725. The Morgan fingerprint density at radius 2 is 2.05 bits per heavy atom. The van der Waals surface area contributed by atoms with Gasteiger partial charge in [-0.15, -0.1) is 11.3 Å². The third-order valence-electron chi connectivity index (χ3n) is 2.50. The van der Waals surface area contributed by atoms with Crippen molar-refractivity contribution in [2.24, 2.45) is 0 Å². The molecule has 2 aromatic rings. The van der Waals surface area contributed by atoms with E-state index in [0.29, 0.717) is 5.69 Å². The van der Waals surface area contributed by atoms with E-state index in [1.165, 1.54) is 6.20 Å². The van der Waals surface area contributed by atoms with E-state index in [4.69, 9.17) is 0 Å². The number of anilines is 1. The van der Waals surface area contributed by atoms with Crippen molar-refractivity contribution in [3.05, 3.63) is 41.0 Å². The predicted octanol–water partition coefficient (Wildman–Crippen LogP) is 3.71. The molecule has 0 bridgehead atoms. The smallest absolute Gasteiger partial charge is 0.273 e. The lowest BCUT2D eigenvalue weighted by Gasteiger charge is -2.12. The number of halogens is 1. The van der Waals surface area contributed by atoms with Crippen LogP contribution < -0.4 is 4.72 Å². The number of sulfonamides is 1. The topological polar surface area (TPSA) is 59.1 Å². The second-order valence-electron chi connectivity index (χ2n) is 4.01. The molecule has 19 heavy (non-hydrogen) atoms. The van der Waals surface area contributed by atoms with Crippen LogP contribution in [0.4, 0.5) is 5.69 Å². The van der Waals surface area contributed by atoms with E-state index >= 15 is 0 Å². The quantitative estimate of drug-likeness (QED) is 0.845. The Kier molecular flexibility index (Phi) is 4.27. The maximum atomic E-state index is 12.2. The van der Waals surface area contributed by atoms with Gasteiger partial charge in [-0.05, 0) is 25.5 Å². The number of nitrogens with one attached hydrogen (secondary N) is 1. The van der Waals surface area contributed by atoms with Crippen molar-refractivity contribution in [2.75, 3.05) is 4.72 Å². The molecular formula is C12H13BrN2O2S2. The van der Waals surface area contributed by atoms with Crippen molar-refractivity contribution in [2.45, 2.75) is 22.9 Å². The van der Waals surface area contributed by atoms with Crippen LogP contribution in [0.2, 0.25) is 0 Å². The molecule has 0 saturated carbocycles. The van der Waals surface area contributed by atoms with Gasteiger partial charge in [-0.2, -0.15) is 0 Å². The molecule has 1 atom stereocenters. The first kappa shape index (κ1) is 14.5. The van der Waals surface area contributed by atoms with Gasteiger partial charge >= 0.3 is 0 Å². The summed E-state index contributed by atoms with van der Waals surface area (Å²) in [6, 6.07) is 7.31. The van der Waals surface area contributed by atoms with Crippen molar-refractivity contribution in [3.8, 4) is 0 Å². The summed E-state index contributed by atoms with van der Waals surface area (Å²) in [5.74, 6) is 0. The molecule has 1 aromatic carbocycles. The van der Waals surface area contributed by atoms with Gasteiger partial charge in [0.05, 0.1) is 16.9 Å². The molecule has 1 unspecified atom stereocenters. The number of benzene rings is 1. The average Bonchev–Trinajstić information content (AvgIpc) is 2.76. The number of hydrogen-bond acceptors (Lipinski definition) is 4. The Balaban J connectivity index is 2.36. The monoisotopic (exact) mass is 360 g/mol. The van der Waals surface area contributed by atoms with E-state index in [1.54, 1.807) is 19.1 Å². The number of hydrogen-bond donors (Lipinski definition) is 1. The van der Waals surface area contributed by atoms with Gasteiger partial charge in [-0.25, -0.2) is 13.4 Å². The second kappa shape index (κ2) is 5.60. The van der Waals surface area contributed by atoms with Crippen LogP contribution in [-0.2, 0) is 10.0 Å². The molecule has 102 valence electrons. The number of nitrogens with zero attached hydrogens (tertiary/aromatic N) is 1. The summed E-state index contributed by atoms with van der Waals surface area (Å²) in [6.45, 7) is 3.72. The van der Waals surface area contributed by atoms with E-state index in [0.717, 1.165) is 21.9 Å². The lowest BCUT2D eigenvalue weighted by atomic mass is 10.1. The average molecular weight is 361 g/mol. The van der Waals surface area contributed by atoms with Crippen LogP contribution in [0.15, 0.2) is 34.7 Å². The molecular weight excluding hydrogens is 348 g/mol. The highest BCUT2D eigenvalue weighted by molar-refractivity contribution is 9.09. The Morgan fingerprint density at radius 1 is 1.37 bits per heavy atom. The van der Waals surface area contributed by atoms with Crippen LogP contribution in [0.5, 0.6) is 0 Å². The molecule has 0 radical (unpaired) electrons. The fraction of sp³-hybridized carbons (Fsp3) is 0.250. The standard InChI is InChI=1S/C12H13BrN2O2S2/c1-8(13)10-5-3-4-6-11(10)15-19(16,17)12-7-14-9(2)18-12/h3-8,15H,1-2H3. The summed E-state index contributed by atoms with van der Waals surface area (Å²) >= 11 is 4.61. The molecule has 0 fully saturated rings. The first-order chi connectivity index (χ1) is 8.90. The summed E-state index contributed by atoms with van der Waals surface area (Å²) in [6.07, 6.45) is 1.38. The zero-order chi connectivity index (χ0) is 14.0. The first-order valence-electron chi connectivity index (χ1n) is 5.58. The fourth-order valence-corrected chi connectivity index (χ4v) is 4.19. The van der Waals surface area contributed by atoms with E-state index in [1.807, 2.05) is 19.1 Å². The molecule has 0 aliphatic heterocycles. The molecule has 1 heterocycles. The normalized spacial score (nSPS) is 13.2. The number of aryl methyl sites for hydroxylation is 1. The Labute approximate surface area is 125 Å². The fourth-order valence-electron chi connectivity index (χ4n) is 1.60.